The van der Waals surface area contributed by atoms with Crippen LogP contribution in [0.5, 0.6) is 0 Å². The standard InChI is InChI=1S/C30H40Br2F4O/c31-21-13-3-1-11-19-27(23-29(33,34)25-15-7-5-8-16-25)37-28(20-12-2-4-14-22-32)24-30(35,36)26-17-9-6-10-18-26/h5-10,15-18,27-28H,1-4,11-14,19-24H2. The molecule has 0 heterocycles. The summed E-state index contributed by atoms with van der Waals surface area (Å²) in [6.07, 6.45) is 5.56. The third-order valence-electron chi connectivity index (χ3n) is 6.56. The van der Waals surface area contributed by atoms with E-state index in [1.54, 1.807) is 36.4 Å². The van der Waals surface area contributed by atoms with Crippen molar-refractivity contribution in [2.45, 2.75) is 101 Å². The van der Waals surface area contributed by atoms with E-state index in [1.165, 1.54) is 24.3 Å². The minimum Gasteiger partial charge on any atom is -0.375 e. The predicted molar refractivity (Wildman–Crippen MR) is 152 cm³/mol. The van der Waals surface area contributed by atoms with Crippen LogP contribution in [0.2, 0.25) is 0 Å². The third-order valence-corrected chi connectivity index (χ3v) is 7.69. The topological polar surface area (TPSA) is 9.23 Å². The second kappa shape index (κ2) is 17.6. The molecule has 0 fully saturated rings. The number of benzene rings is 2. The molecule has 0 bridgehead atoms. The van der Waals surface area contributed by atoms with E-state index in [-0.39, 0.29) is 11.1 Å². The van der Waals surface area contributed by atoms with Crippen LogP contribution in [0.3, 0.4) is 0 Å². The van der Waals surface area contributed by atoms with Crippen molar-refractivity contribution in [1.82, 2.24) is 0 Å². The molecule has 2 aromatic carbocycles. The summed E-state index contributed by atoms with van der Waals surface area (Å²) in [5.41, 5.74) is -0.132. The third kappa shape index (κ3) is 12.7. The molecule has 0 aliphatic heterocycles. The molecular formula is C30H40Br2F4O. The van der Waals surface area contributed by atoms with Crippen molar-refractivity contribution in [1.29, 1.82) is 0 Å². The molecule has 2 atom stereocenters. The highest BCUT2D eigenvalue weighted by Crippen LogP contribution is 2.38. The van der Waals surface area contributed by atoms with E-state index < -0.39 is 36.9 Å². The molecule has 7 heteroatoms. The Labute approximate surface area is 237 Å². The fourth-order valence-corrected chi connectivity index (χ4v) is 5.31. The van der Waals surface area contributed by atoms with Gasteiger partial charge in [0.1, 0.15) is 0 Å². The molecule has 0 aromatic heterocycles. The van der Waals surface area contributed by atoms with Gasteiger partial charge in [-0.1, -0.05) is 131 Å². The number of halogens is 6. The normalized spacial score (nSPS) is 14.0. The molecule has 208 valence electrons. The van der Waals surface area contributed by atoms with Gasteiger partial charge in [-0.2, -0.15) is 0 Å². The highest BCUT2D eigenvalue weighted by atomic mass is 79.9. The van der Waals surface area contributed by atoms with Crippen LogP contribution >= 0.6 is 31.9 Å². The van der Waals surface area contributed by atoms with Gasteiger partial charge in [0.05, 0.1) is 12.2 Å². The molecule has 0 saturated carbocycles. The van der Waals surface area contributed by atoms with Gasteiger partial charge < -0.3 is 4.74 Å². The fourth-order valence-electron chi connectivity index (χ4n) is 4.52. The zero-order valence-electron chi connectivity index (χ0n) is 21.5. The van der Waals surface area contributed by atoms with Gasteiger partial charge in [0.2, 0.25) is 0 Å². The van der Waals surface area contributed by atoms with E-state index in [0.29, 0.717) is 12.8 Å². The van der Waals surface area contributed by atoms with E-state index in [1.807, 2.05) is 0 Å². The summed E-state index contributed by atoms with van der Waals surface area (Å²) in [6.45, 7) is 0. The number of alkyl halides is 6. The Kier molecular flexibility index (Phi) is 15.4. The first kappa shape index (κ1) is 32.3. The van der Waals surface area contributed by atoms with Crippen LogP contribution in [0.4, 0.5) is 17.6 Å². The highest BCUT2D eigenvalue weighted by Gasteiger charge is 2.39. The maximum Gasteiger partial charge on any atom is 0.275 e. The second-order valence-electron chi connectivity index (χ2n) is 9.71. The quantitative estimate of drug-likeness (QED) is 0.0786. The Bertz CT molecular complexity index is 766. The van der Waals surface area contributed by atoms with E-state index >= 15 is 17.6 Å². The molecule has 0 amide bonds. The predicted octanol–water partition coefficient (Wildman–Crippen LogP) is 10.8. The summed E-state index contributed by atoms with van der Waals surface area (Å²) in [7, 11) is 0. The largest absolute Gasteiger partial charge is 0.375 e. The average Bonchev–Trinajstić information content (AvgIpc) is 2.89. The summed E-state index contributed by atoms with van der Waals surface area (Å²) in [5, 5.41) is 1.81. The fraction of sp³-hybridized carbons (Fsp3) is 0.600. The number of unbranched alkanes of at least 4 members (excludes halogenated alkanes) is 6. The molecule has 0 aliphatic rings. The SMILES string of the molecule is FC(F)(CC(CCCCCCBr)OC(CCCCCCBr)CC(F)(F)c1ccccc1)c1ccccc1. The Morgan fingerprint density at radius 2 is 0.892 bits per heavy atom. The van der Waals surface area contributed by atoms with Gasteiger partial charge in [0.15, 0.2) is 0 Å². The van der Waals surface area contributed by atoms with Gasteiger partial charge in [0.25, 0.3) is 11.8 Å². The van der Waals surface area contributed by atoms with Gasteiger partial charge in [-0.15, -0.1) is 0 Å². The van der Waals surface area contributed by atoms with Gasteiger partial charge in [0, 0.05) is 34.6 Å². The molecule has 2 unspecified atom stereocenters. The Balaban J connectivity index is 2.16. The van der Waals surface area contributed by atoms with E-state index in [0.717, 1.165) is 62.0 Å². The lowest BCUT2D eigenvalue weighted by atomic mass is 9.96. The monoisotopic (exact) mass is 650 g/mol. The summed E-state index contributed by atoms with van der Waals surface area (Å²) < 4.78 is 67.2. The van der Waals surface area contributed by atoms with E-state index in [9.17, 15) is 0 Å². The lowest BCUT2D eigenvalue weighted by Gasteiger charge is -2.30. The lowest BCUT2D eigenvalue weighted by Crippen LogP contribution is -2.32. The first-order valence-electron chi connectivity index (χ1n) is 13.4. The molecule has 0 spiro atoms. The molecule has 0 saturated heterocycles. The Hall–Kier alpha value is -0.920. The van der Waals surface area contributed by atoms with Crippen LogP contribution in [0.1, 0.15) is 88.2 Å². The van der Waals surface area contributed by atoms with E-state index in [2.05, 4.69) is 31.9 Å². The highest BCUT2D eigenvalue weighted by molar-refractivity contribution is 9.09. The van der Waals surface area contributed by atoms with Crippen LogP contribution in [0.15, 0.2) is 60.7 Å². The van der Waals surface area contributed by atoms with Crippen molar-refractivity contribution in [2.24, 2.45) is 0 Å². The van der Waals surface area contributed by atoms with Gasteiger partial charge in [-0.05, 0) is 25.7 Å². The Morgan fingerprint density at radius 3 is 1.24 bits per heavy atom. The van der Waals surface area contributed by atoms with Crippen LogP contribution in [0.25, 0.3) is 0 Å². The number of ether oxygens (including phenoxy) is 1. The van der Waals surface area contributed by atoms with Crippen molar-refractivity contribution in [3.05, 3.63) is 71.8 Å². The van der Waals surface area contributed by atoms with Crippen molar-refractivity contribution in [3.63, 3.8) is 0 Å². The maximum absolute atomic E-state index is 15.2. The van der Waals surface area contributed by atoms with Crippen LogP contribution in [-0.2, 0) is 16.6 Å². The second-order valence-corrected chi connectivity index (χ2v) is 11.3. The van der Waals surface area contributed by atoms with Crippen molar-refractivity contribution < 1.29 is 22.3 Å². The minimum atomic E-state index is -3.09. The number of rotatable bonds is 20. The van der Waals surface area contributed by atoms with Crippen molar-refractivity contribution >= 4 is 31.9 Å². The minimum absolute atomic E-state index is 0.0659. The summed E-state index contributed by atoms with van der Waals surface area (Å²) in [4.78, 5) is 0. The summed E-state index contributed by atoms with van der Waals surface area (Å²) in [6, 6.07) is 15.4. The zero-order chi connectivity index (χ0) is 27.0. The number of hydrogen-bond donors (Lipinski definition) is 0. The van der Waals surface area contributed by atoms with E-state index in [4.69, 9.17) is 4.74 Å². The van der Waals surface area contributed by atoms with Crippen molar-refractivity contribution in [3.8, 4) is 0 Å². The Morgan fingerprint density at radius 1 is 0.541 bits per heavy atom. The van der Waals surface area contributed by atoms with Crippen LogP contribution in [0, 0.1) is 0 Å². The molecule has 2 rings (SSSR count). The molecule has 2 aromatic rings. The van der Waals surface area contributed by atoms with Gasteiger partial charge in [-0.3, -0.25) is 0 Å². The van der Waals surface area contributed by atoms with Crippen molar-refractivity contribution in [2.75, 3.05) is 10.7 Å². The molecule has 37 heavy (non-hydrogen) atoms. The molecule has 0 N–H and O–H groups in total. The maximum atomic E-state index is 15.2. The molecule has 0 aliphatic carbocycles. The molecular weight excluding hydrogens is 612 g/mol. The van der Waals surface area contributed by atoms with Gasteiger partial charge >= 0.3 is 0 Å². The average molecular weight is 652 g/mol. The summed E-state index contributed by atoms with van der Waals surface area (Å²) in [5.74, 6) is -6.19. The van der Waals surface area contributed by atoms with Crippen LogP contribution in [-0.4, -0.2) is 22.9 Å². The first-order valence-corrected chi connectivity index (χ1v) is 15.7. The zero-order valence-corrected chi connectivity index (χ0v) is 24.7. The molecule has 1 nitrogen and oxygen atoms in total. The lowest BCUT2D eigenvalue weighted by molar-refractivity contribution is -0.125. The first-order chi connectivity index (χ1) is 17.8. The van der Waals surface area contributed by atoms with Crippen LogP contribution < -0.4 is 0 Å². The smallest absolute Gasteiger partial charge is 0.275 e. The van der Waals surface area contributed by atoms with Gasteiger partial charge in [-0.25, -0.2) is 17.6 Å². The molecule has 0 radical (unpaired) electrons. The number of hydrogen-bond acceptors (Lipinski definition) is 1. The summed E-state index contributed by atoms with van der Waals surface area (Å²) >= 11 is 6.84.